The van der Waals surface area contributed by atoms with E-state index in [9.17, 15) is 27.6 Å². The fourth-order valence-corrected chi connectivity index (χ4v) is 3.26. The molecule has 0 atom stereocenters. The molecule has 1 aromatic heterocycles. The van der Waals surface area contributed by atoms with Gasteiger partial charge in [-0.3, -0.25) is 14.5 Å². The number of hydrogen-bond acceptors (Lipinski definition) is 6. The van der Waals surface area contributed by atoms with Crippen molar-refractivity contribution in [2.45, 2.75) is 12.7 Å². The first-order chi connectivity index (χ1) is 13.2. The Kier molecular flexibility index (Phi) is 5.32. The largest absolute Gasteiger partial charge is 0.463 e. The second kappa shape index (κ2) is 7.55. The number of halogens is 3. The van der Waals surface area contributed by atoms with Crippen LogP contribution in [-0.4, -0.2) is 29.1 Å². The highest BCUT2D eigenvalue weighted by molar-refractivity contribution is 8.18. The van der Waals surface area contributed by atoms with Gasteiger partial charge in [0.1, 0.15) is 5.76 Å². The fraction of sp³-hybridized carbons (Fsp3) is 0.167. The Morgan fingerprint density at radius 1 is 1.25 bits per heavy atom. The van der Waals surface area contributed by atoms with Crippen molar-refractivity contribution in [3.05, 3.63) is 64.0 Å². The van der Waals surface area contributed by atoms with E-state index in [1.165, 1.54) is 37.5 Å². The van der Waals surface area contributed by atoms with Crippen LogP contribution >= 0.6 is 11.8 Å². The summed E-state index contributed by atoms with van der Waals surface area (Å²) in [5, 5.41) is -0.598. The minimum Gasteiger partial charge on any atom is -0.463 e. The molecule has 0 bridgehead atoms. The zero-order valence-corrected chi connectivity index (χ0v) is 15.1. The van der Waals surface area contributed by atoms with Gasteiger partial charge in [-0.05, 0) is 47.7 Å². The average molecular weight is 411 g/mol. The van der Waals surface area contributed by atoms with Crippen LogP contribution in [0.4, 0.5) is 18.0 Å². The summed E-state index contributed by atoms with van der Waals surface area (Å²) in [5.41, 5.74) is -0.710. The lowest BCUT2D eigenvalue weighted by Gasteiger charge is -2.10. The van der Waals surface area contributed by atoms with E-state index in [-0.39, 0.29) is 28.5 Å². The Labute approximate surface area is 160 Å². The topological polar surface area (TPSA) is 76.8 Å². The number of nitrogens with zero attached hydrogens (tertiary/aromatic N) is 1. The van der Waals surface area contributed by atoms with E-state index in [1.54, 1.807) is 0 Å². The van der Waals surface area contributed by atoms with Crippen LogP contribution in [0, 0.1) is 0 Å². The maximum atomic E-state index is 12.8. The smallest absolute Gasteiger partial charge is 0.416 e. The van der Waals surface area contributed by atoms with Gasteiger partial charge in [0.05, 0.1) is 24.1 Å². The number of amides is 2. The fourth-order valence-electron chi connectivity index (χ4n) is 2.42. The van der Waals surface area contributed by atoms with E-state index in [0.717, 1.165) is 17.0 Å². The van der Waals surface area contributed by atoms with Crippen LogP contribution < -0.4 is 0 Å². The third-order valence-corrected chi connectivity index (χ3v) is 4.65. The van der Waals surface area contributed by atoms with Gasteiger partial charge in [0.15, 0.2) is 0 Å². The van der Waals surface area contributed by atoms with Crippen LogP contribution in [0.2, 0.25) is 0 Å². The van der Waals surface area contributed by atoms with Gasteiger partial charge >= 0.3 is 12.1 Å². The van der Waals surface area contributed by atoms with Gasteiger partial charge in [0.2, 0.25) is 5.76 Å². The molecule has 0 spiro atoms. The molecule has 1 saturated heterocycles. The molecule has 28 heavy (non-hydrogen) atoms. The zero-order valence-electron chi connectivity index (χ0n) is 14.3. The number of carbonyl (C=O) groups is 3. The SMILES string of the molecule is COC(=O)c1ccc(CN2C(=O)S/C(=C/c3cccc(C(F)(F)F)c3)C2=O)o1. The molecule has 0 unspecified atom stereocenters. The highest BCUT2D eigenvalue weighted by Gasteiger charge is 2.36. The minimum atomic E-state index is -4.51. The van der Waals surface area contributed by atoms with Crippen LogP contribution in [0.3, 0.4) is 0 Å². The van der Waals surface area contributed by atoms with Crippen molar-refractivity contribution in [1.82, 2.24) is 4.90 Å². The number of furan rings is 1. The summed E-state index contributed by atoms with van der Waals surface area (Å²) < 4.78 is 48.2. The average Bonchev–Trinajstić information content (AvgIpc) is 3.21. The van der Waals surface area contributed by atoms with Gasteiger partial charge < -0.3 is 9.15 Å². The molecular weight excluding hydrogens is 399 g/mol. The molecule has 2 heterocycles. The van der Waals surface area contributed by atoms with Gasteiger partial charge in [-0.1, -0.05) is 12.1 Å². The molecule has 1 aromatic carbocycles. The summed E-state index contributed by atoms with van der Waals surface area (Å²) in [4.78, 5) is 36.8. The van der Waals surface area contributed by atoms with E-state index in [1.807, 2.05) is 0 Å². The number of ether oxygens (including phenoxy) is 1. The molecule has 2 aromatic rings. The molecule has 0 saturated carbocycles. The maximum absolute atomic E-state index is 12.8. The Morgan fingerprint density at radius 3 is 2.68 bits per heavy atom. The number of alkyl halides is 3. The van der Waals surface area contributed by atoms with Gasteiger partial charge in [-0.25, -0.2) is 4.79 Å². The molecule has 0 radical (unpaired) electrons. The number of carbonyl (C=O) groups excluding carboxylic acids is 3. The van der Waals surface area contributed by atoms with Crippen molar-refractivity contribution >= 4 is 35.0 Å². The normalized spacial score (nSPS) is 16.1. The van der Waals surface area contributed by atoms with Crippen molar-refractivity contribution in [2.24, 2.45) is 0 Å². The molecule has 10 heteroatoms. The second-order valence-electron chi connectivity index (χ2n) is 5.65. The quantitative estimate of drug-likeness (QED) is 0.551. The maximum Gasteiger partial charge on any atom is 0.416 e. The van der Waals surface area contributed by atoms with Crippen molar-refractivity contribution < 1.29 is 36.7 Å². The molecule has 6 nitrogen and oxygen atoms in total. The number of methoxy groups -OCH3 is 1. The Morgan fingerprint density at radius 2 is 2.00 bits per heavy atom. The first-order valence-corrected chi connectivity index (χ1v) is 8.60. The molecule has 3 rings (SSSR count). The third-order valence-electron chi connectivity index (χ3n) is 3.75. The summed E-state index contributed by atoms with van der Waals surface area (Å²) in [7, 11) is 1.18. The number of esters is 1. The lowest BCUT2D eigenvalue weighted by Crippen LogP contribution is -2.27. The van der Waals surface area contributed by atoms with Gasteiger partial charge in [-0.2, -0.15) is 13.2 Å². The predicted molar refractivity (Wildman–Crippen MR) is 93.0 cm³/mol. The van der Waals surface area contributed by atoms with E-state index >= 15 is 0 Å². The van der Waals surface area contributed by atoms with Crippen molar-refractivity contribution in [3.8, 4) is 0 Å². The molecule has 1 fully saturated rings. The molecular formula is C18H12F3NO5S. The Bertz CT molecular complexity index is 980. The van der Waals surface area contributed by atoms with Crippen LogP contribution in [0.25, 0.3) is 6.08 Å². The molecule has 0 N–H and O–H groups in total. The third kappa shape index (κ3) is 4.11. The molecule has 146 valence electrons. The standard InChI is InChI=1S/C18H12F3NO5S/c1-26-16(24)13-6-5-12(27-13)9-22-15(23)14(28-17(22)25)8-10-3-2-4-11(7-10)18(19,20)21/h2-8H,9H2,1H3/b14-8+. The Balaban J connectivity index is 1.79. The zero-order chi connectivity index (χ0) is 20.5. The first kappa shape index (κ1) is 19.7. The number of hydrogen-bond donors (Lipinski definition) is 0. The van der Waals surface area contributed by atoms with Crippen LogP contribution in [0.5, 0.6) is 0 Å². The first-order valence-electron chi connectivity index (χ1n) is 7.78. The lowest BCUT2D eigenvalue weighted by molar-refractivity contribution is -0.137. The van der Waals surface area contributed by atoms with Gasteiger partial charge in [0.25, 0.3) is 11.1 Å². The lowest BCUT2D eigenvalue weighted by atomic mass is 10.1. The molecule has 1 aliphatic heterocycles. The van der Waals surface area contributed by atoms with E-state index in [0.29, 0.717) is 11.8 Å². The van der Waals surface area contributed by atoms with E-state index in [2.05, 4.69) is 4.74 Å². The van der Waals surface area contributed by atoms with Crippen molar-refractivity contribution in [1.29, 1.82) is 0 Å². The van der Waals surface area contributed by atoms with Crippen LogP contribution in [0.1, 0.15) is 27.4 Å². The highest BCUT2D eigenvalue weighted by atomic mass is 32.2. The van der Waals surface area contributed by atoms with Crippen LogP contribution in [-0.2, 0) is 22.3 Å². The summed E-state index contributed by atoms with van der Waals surface area (Å²) in [6.45, 7) is -0.221. The van der Waals surface area contributed by atoms with E-state index in [4.69, 9.17) is 4.42 Å². The Hall–Kier alpha value is -3.01. The molecule has 1 aliphatic rings. The number of thioether (sulfide) groups is 1. The van der Waals surface area contributed by atoms with Gasteiger partial charge in [-0.15, -0.1) is 0 Å². The van der Waals surface area contributed by atoms with Crippen molar-refractivity contribution in [2.75, 3.05) is 7.11 Å². The summed E-state index contributed by atoms with van der Waals surface area (Å²) in [6.07, 6.45) is -3.29. The summed E-state index contributed by atoms with van der Waals surface area (Å²) >= 11 is 0.611. The number of rotatable bonds is 4. The monoisotopic (exact) mass is 411 g/mol. The molecule has 0 aliphatic carbocycles. The van der Waals surface area contributed by atoms with Gasteiger partial charge in [0, 0.05) is 0 Å². The molecule has 2 amide bonds. The number of imide groups is 1. The summed E-state index contributed by atoms with van der Waals surface area (Å²) in [5.74, 6) is -1.26. The second-order valence-corrected chi connectivity index (χ2v) is 6.64. The summed E-state index contributed by atoms with van der Waals surface area (Å²) in [6, 6.07) is 7.20. The predicted octanol–water partition coefficient (Wildman–Crippen LogP) is 4.32. The van der Waals surface area contributed by atoms with Crippen LogP contribution in [0.15, 0.2) is 45.7 Å². The van der Waals surface area contributed by atoms with E-state index < -0.39 is 28.9 Å². The highest BCUT2D eigenvalue weighted by Crippen LogP contribution is 2.35. The van der Waals surface area contributed by atoms with Crippen molar-refractivity contribution in [3.63, 3.8) is 0 Å². The number of benzene rings is 1. The minimum absolute atomic E-state index is 0.0101.